The molecule has 0 aliphatic rings. The molecule has 6 nitrogen and oxygen atoms in total. The van der Waals surface area contributed by atoms with Gasteiger partial charge in [-0.05, 0) is 12.8 Å². The van der Waals surface area contributed by atoms with E-state index in [2.05, 4.69) is 4.72 Å². The second-order valence-electron chi connectivity index (χ2n) is 3.89. The fourth-order valence-electron chi connectivity index (χ4n) is 0.833. The first kappa shape index (κ1) is 15.3. The SMILES string of the molecule is CC(C)COCCNS(=O)(=O)C(C)C(=O)O. The van der Waals surface area contributed by atoms with Crippen LogP contribution in [-0.4, -0.2) is 44.5 Å². The molecule has 0 saturated carbocycles. The Morgan fingerprint density at radius 2 is 1.94 bits per heavy atom. The van der Waals surface area contributed by atoms with Crippen LogP contribution in [0.3, 0.4) is 0 Å². The van der Waals surface area contributed by atoms with Gasteiger partial charge in [-0.3, -0.25) is 4.79 Å². The van der Waals surface area contributed by atoms with Crippen LogP contribution in [0.2, 0.25) is 0 Å². The number of carboxylic acids is 1. The van der Waals surface area contributed by atoms with Gasteiger partial charge in [0.15, 0.2) is 5.25 Å². The summed E-state index contributed by atoms with van der Waals surface area (Å²) in [7, 11) is -3.79. The van der Waals surface area contributed by atoms with Gasteiger partial charge in [0.2, 0.25) is 10.0 Å². The third-order valence-corrected chi connectivity index (χ3v) is 3.55. The van der Waals surface area contributed by atoms with Crippen LogP contribution in [0, 0.1) is 5.92 Å². The lowest BCUT2D eigenvalue weighted by Crippen LogP contribution is -2.39. The molecule has 1 unspecified atom stereocenters. The first-order valence-electron chi connectivity index (χ1n) is 5.06. The summed E-state index contributed by atoms with van der Waals surface area (Å²) >= 11 is 0. The molecule has 1 atom stereocenters. The van der Waals surface area contributed by atoms with Gasteiger partial charge in [0, 0.05) is 13.2 Å². The summed E-state index contributed by atoms with van der Waals surface area (Å²) in [6.45, 7) is 5.97. The van der Waals surface area contributed by atoms with E-state index < -0.39 is 21.2 Å². The standard InChI is InChI=1S/C9H19NO5S/c1-7(2)6-15-5-4-10-16(13,14)8(3)9(11)12/h7-8,10H,4-6H2,1-3H3,(H,11,12). The minimum atomic E-state index is -3.79. The van der Waals surface area contributed by atoms with Crippen LogP contribution in [0.4, 0.5) is 0 Å². The van der Waals surface area contributed by atoms with Gasteiger partial charge in [-0.2, -0.15) is 0 Å². The van der Waals surface area contributed by atoms with Crippen molar-refractivity contribution in [2.24, 2.45) is 5.92 Å². The Morgan fingerprint density at radius 3 is 2.38 bits per heavy atom. The van der Waals surface area contributed by atoms with Gasteiger partial charge in [0.25, 0.3) is 0 Å². The van der Waals surface area contributed by atoms with Crippen LogP contribution >= 0.6 is 0 Å². The number of nitrogens with one attached hydrogen (secondary N) is 1. The molecular formula is C9H19NO5S. The molecule has 0 aromatic heterocycles. The number of ether oxygens (including phenoxy) is 1. The molecule has 0 bridgehead atoms. The Morgan fingerprint density at radius 1 is 1.38 bits per heavy atom. The molecule has 96 valence electrons. The second kappa shape index (κ2) is 6.82. The average molecular weight is 253 g/mol. The number of sulfonamides is 1. The Bertz CT molecular complexity index is 312. The van der Waals surface area contributed by atoms with Gasteiger partial charge in [0.05, 0.1) is 6.61 Å². The lowest BCUT2D eigenvalue weighted by atomic mass is 10.2. The number of hydrogen-bond donors (Lipinski definition) is 2. The summed E-state index contributed by atoms with van der Waals surface area (Å²) in [4.78, 5) is 10.5. The van der Waals surface area contributed by atoms with Gasteiger partial charge >= 0.3 is 5.97 Å². The largest absolute Gasteiger partial charge is 0.480 e. The fourth-order valence-corrected chi connectivity index (χ4v) is 1.72. The second-order valence-corrected chi connectivity index (χ2v) is 5.97. The lowest BCUT2D eigenvalue weighted by Gasteiger charge is -2.11. The van der Waals surface area contributed by atoms with Crippen molar-refractivity contribution >= 4 is 16.0 Å². The molecular weight excluding hydrogens is 234 g/mol. The van der Waals surface area contributed by atoms with Crippen molar-refractivity contribution in [3.05, 3.63) is 0 Å². The first-order valence-corrected chi connectivity index (χ1v) is 6.61. The molecule has 0 saturated heterocycles. The third kappa shape index (κ3) is 6.04. The van der Waals surface area contributed by atoms with Crippen LogP contribution in [-0.2, 0) is 19.6 Å². The summed E-state index contributed by atoms with van der Waals surface area (Å²) in [6, 6.07) is 0. The number of aliphatic carboxylic acids is 1. The molecule has 0 rings (SSSR count). The van der Waals surface area contributed by atoms with Crippen LogP contribution in [0.5, 0.6) is 0 Å². The highest BCUT2D eigenvalue weighted by atomic mass is 32.2. The van der Waals surface area contributed by atoms with Crippen molar-refractivity contribution in [3.63, 3.8) is 0 Å². The summed E-state index contributed by atoms with van der Waals surface area (Å²) in [5.41, 5.74) is 0. The Hall–Kier alpha value is -0.660. The predicted octanol–water partition coefficient (Wildman–Crippen LogP) is 0.0515. The van der Waals surface area contributed by atoms with E-state index in [1.165, 1.54) is 0 Å². The Balaban J connectivity index is 3.88. The molecule has 0 fully saturated rings. The minimum Gasteiger partial charge on any atom is -0.480 e. The zero-order valence-electron chi connectivity index (χ0n) is 9.76. The van der Waals surface area contributed by atoms with Crippen LogP contribution in [0.25, 0.3) is 0 Å². The van der Waals surface area contributed by atoms with E-state index in [4.69, 9.17) is 9.84 Å². The van der Waals surface area contributed by atoms with E-state index in [1.54, 1.807) is 0 Å². The van der Waals surface area contributed by atoms with E-state index >= 15 is 0 Å². The fraction of sp³-hybridized carbons (Fsp3) is 0.889. The van der Waals surface area contributed by atoms with Crippen molar-refractivity contribution in [1.29, 1.82) is 0 Å². The molecule has 0 aromatic carbocycles. The topological polar surface area (TPSA) is 92.7 Å². The molecule has 16 heavy (non-hydrogen) atoms. The summed E-state index contributed by atoms with van der Waals surface area (Å²) in [5.74, 6) is -0.981. The maximum absolute atomic E-state index is 11.3. The number of carboxylic acid groups (broad SMARTS) is 1. The third-order valence-electron chi connectivity index (χ3n) is 1.81. The highest BCUT2D eigenvalue weighted by molar-refractivity contribution is 7.90. The number of carbonyl (C=O) groups is 1. The van der Waals surface area contributed by atoms with Crippen LogP contribution in [0.1, 0.15) is 20.8 Å². The number of rotatable bonds is 8. The monoisotopic (exact) mass is 253 g/mol. The quantitative estimate of drug-likeness (QED) is 0.596. The molecule has 0 aromatic rings. The van der Waals surface area contributed by atoms with Crippen molar-refractivity contribution in [3.8, 4) is 0 Å². The van der Waals surface area contributed by atoms with Crippen molar-refractivity contribution in [1.82, 2.24) is 4.72 Å². The van der Waals surface area contributed by atoms with Crippen molar-refractivity contribution < 1.29 is 23.1 Å². The zero-order valence-corrected chi connectivity index (χ0v) is 10.6. The smallest absolute Gasteiger partial charge is 0.323 e. The van der Waals surface area contributed by atoms with Gasteiger partial charge in [0.1, 0.15) is 0 Å². The van der Waals surface area contributed by atoms with Gasteiger partial charge in [-0.25, -0.2) is 13.1 Å². The van der Waals surface area contributed by atoms with E-state index in [0.29, 0.717) is 12.5 Å². The Kier molecular flexibility index (Phi) is 6.54. The first-order chi connectivity index (χ1) is 7.27. The predicted molar refractivity (Wildman–Crippen MR) is 59.7 cm³/mol. The van der Waals surface area contributed by atoms with Crippen LogP contribution in [0.15, 0.2) is 0 Å². The highest BCUT2D eigenvalue weighted by Gasteiger charge is 2.26. The van der Waals surface area contributed by atoms with E-state index in [-0.39, 0.29) is 13.2 Å². The minimum absolute atomic E-state index is 0.0900. The molecule has 2 N–H and O–H groups in total. The summed E-state index contributed by atoms with van der Waals surface area (Å²) in [6.07, 6.45) is 0. The molecule has 0 amide bonds. The lowest BCUT2D eigenvalue weighted by molar-refractivity contribution is -0.136. The maximum Gasteiger partial charge on any atom is 0.323 e. The van der Waals surface area contributed by atoms with E-state index in [9.17, 15) is 13.2 Å². The molecule has 0 aliphatic heterocycles. The summed E-state index contributed by atoms with van der Waals surface area (Å²) < 4.78 is 30.0. The van der Waals surface area contributed by atoms with Crippen LogP contribution < -0.4 is 4.72 Å². The van der Waals surface area contributed by atoms with E-state index in [1.807, 2.05) is 13.8 Å². The Labute approximate surface area is 96.0 Å². The van der Waals surface area contributed by atoms with Gasteiger partial charge < -0.3 is 9.84 Å². The highest BCUT2D eigenvalue weighted by Crippen LogP contribution is 1.98. The average Bonchev–Trinajstić information content (AvgIpc) is 2.15. The normalized spacial score (nSPS) is 14.0. The molecule has 0 spiro atoms. The van der Waals surface area contributed by atoms with Crippen molar-refractivity contribution in [2.45, 2.75) is 26.0 Å². The molecule has 0 aliphatic carbocycles. The summed E-state index contributed by atoms with van der Waals surface area (Å²) in [5, 5.41) is 7.10. The maximum atomic E-state index is 11.3. The molecule has 7 heteroatoms. The molecule has 0 heterocycles. The van der Waals surface area contributed by atoms with Crippen molar-refractivity contribution in [2.75, 3.05) is 19.8 Å². The van der Waals surface area contributed by atoms with Gasteiger partial charge in [-0.15, -0.1) is 0 Å². The zero-order chi connectivity index (χ0) is 12.8. The number of hydrogen-bond acceptors (Lipinski definition) is 4. The van der Waals surface area contributed by atoms with E-state index in [0.717, 1.165) is 6.92 Å². The van der Waals surface area contributed by atoms with Gasteiger partial charge in [-0.1, -0.05) is 13.8 Å². The molecule has 0 radical (unpaired) electrons.